The molecule has 1 saturated heterocycles. The standard InChI is InChI=1S/C21H17N3O2S/c1-14(19-20(25)24-21(27-19)23-13-22)17-9-5-15(6-10-17)3-4-16-7-11-18(26-2)12-8-16/h3-12H,1-2H3,(H,23,24,25). The van der Waals surface area contributed by atoms with E-state index in [4.69, 9.17) is 10.00 Å². The van der Waals surface area contributed by atoms with Crippen molar-refractivity contribution >= 4 is 40.6 Å². The van der Waals surface area contributed by atoms with Crippen molar-refractivity contribution < 1.29 is 9.53 Å². The molecule has 1 heterocycles. The van der Waals surface area contributed by atoms with Gasteiger partial charge in [0.2, 0.25) is 6.19 Å². The summed E-state index contributed by atoms with van der Waals surface area (Å²) in [7, 11) is 1.65. The summed E-state index contributed by atoms with van der Waals surface area (Å²) < 4.78 is 5.16. The van der Waals surface area contributed by atoms with Gasteiger partial charge in [-0.1, -0.05) is 48.6 Å². The Balaban J connectivity index is 1.76. The van der Waals surface area contributed by atoms with E-state index in [1.165, 1.54) is 11.8 Å². The molecule has 2 aromatic carbocycles. The highest BCUT2D eigenvalue weighted by atomic mass is 32.2. The summed E-state index contributed by atoms with van der Waals surface area (Å²) >= 11 is 1.18. The summed E-state index contributed by atoms with van der Waals surface area (Å²) in [6.07, 6.45) is 5.75. The lowest BCUT2D eigenvalue weighted by molar-refractivity contribution is -0.115. The fraction of sp³-hybridized carbons (Fsp3) is 0.0952. The van der Waals surface area contributed by atoms with Crippen LogP contribution in [0.2, 0.25) is 0 Å². The zero-order chi connectivity index (χ0) is 19.2. The molecule has 3 rings (SSSR count). The normalized spacial score (nSPS) is 17.1. The number of nitrogens with one attached hydrogen (secondary N) is 1. The van der Waals surface area contributed by atoms with Crippen LogP contribution in [0, 0.1) is 11.5 Å². The van der Waals surface area contributed by atoms with Crippen LogP contribution in [0.15, 0.2) is 58.4 Å². The third-order valence-electron chi connectivity index (χ3n) is 4.05. The van der Waals surface area contributed by atoms with Crippen molar-refractivity contribution in [1.82, 2.24) is 5.32 Å². The van der Waals surface area contributed by atoms with Crippen molar-refractivity contribution in [3.05, 3.63) is 70.1 Å². The number of carbonyl (C=O) groups excluding carboxylic acids is 1. The smallest absolute Gasteiger partial charge is 0.264 e. The number of amides is 1. The van der Waals surface area contributed by atoms with Crippen LogP contribution in [0.3, 0.4) is 0 Å². The Morgan fingerprint density at radius 1 is 1.11 bits per heavy atom. The topological polar surface area (TPSA) is 74.5 Å². The quantitative estimate of drug-likeness (QED) is 0.491. The molecule has 134 valence electrons. The van der Waals surface area contributed by atoms with Gasteiger partial charge >= 0.3 is 0 Å². The number of methoxy groups -OCH3 is 1. The van der Waals surface area contributed by atoms with Crippen LogP contribution in [0.25, 0.3) is 17.7 Å². The second-order valence-electron chi connectivity index (χ2n) is 5.76. The average molecular weight is 375 g/mol. The maximum atomic E-state index is 12.0. The highest BCUT2D eigenvalue weighted by molar-refractivity contribution is 8.18. The van der Waals surface area contributed by atoms with Gasteiger partial charge in [-0.05, 0) is 53.1 Å². The highest BCUT2D eigenvalue weighted by Crippen LogP contribution is 2.31. The molecule has 1 aliphatic rings. The van der Waals surface area contributed by atoms with E-state index in [9.17, 15) is 4.79 Å². The number of allylic oxidation sites excluding steroid dienone is 1. The first-order chi connectivity index (χ1) is 13.1. The number of benzene rings is 2. The number of ether oxygens (including phenoxy) is 1. The molecule has 6 heteroatoms. The lowest BCUT2D eigenvalue weighted by atomic mass is 10.0. The number of aliphatic imine (C=N–C) groups is 1. The van der Waals surface area contributed by atoms with E-state index in [1.807, 2.05) is 67.6 Å². The van der Waals surface area contributed by atoms with E-state index in [2.05, 4.69) is 10.3 Å². The number of rotatable bonds is 4. The Morgan fingerprint density at radius 2 is 1.70 bits per heavy atom. The second-order valence-corrected chi connectivity index (χ2v) is 6.75. The molecule has 1 amide bonds. The molecule has 2 aromatic rings. The second kappa shape index (κ2) is 8.39. The molecule has 0 spiro atoms. The lowest BCUT2D eigenvalue weighted by Crippen LogP contribution is -2.19. The minimum atomic E-state index is -0.227. The van der Waals surface area contributed by atoms with E-state index in [0.717, 1.165) is 28.0 Å². The molecule has 0 radical (unpaired) electrons. The Bertz CT molecular complexity index is 982. The maximum Gasteiger partial charge on any atom is 0.264 e. The van der Waals surface area contributed by atoms with Crippen molar-refractivity contribution in [3.63, 3.8) is 0 Å². The first kappa shape index (κ1) is 18.5. The lowest BCUT2D eigenvalue weighted by Gasteiger charge is -2.04. The molecule has 0 atom stereocenters. The Morgan fingerprint density at radius 3 is 2.26 bits per heavy atom. The number of thioether (sulfide) groups is 1. The van der Waals surface area contributed by atoms with Gasteiger partial charge in [0, 0.05) is 0 Å². The third kappa shape index (κ3) is 4.46. The van der Waals surface area contributed by atoms with Gasteiger partial charge in [-0.3, -0.25) is 10.1 Å². The van der Waals surface area contributed by atoms with Crippen molar-refractivity contribution in [2.45, 2.75) is 6.92 Å². The van der Waals surface area contributed by atoms with Gasteiger partial charge in [-0.15, -0.1) is 4.99 Å². The monoisotopic (exact) mass is 375 g/mol. The van der Waals surface area contributed by atoms with Gasteiger partial charge in [0.25, 0.3) is 5.91 Å². The van der Waals surface area contributed by atoms with Crippen LogP contribution in [-0.4, -0.2) is 18.2 Å². The highest BCUT2D eigenvalue weighted by Gasteiger charge is 2.26. The largest absolute Gasteiger partial charge is 0.497 e. The summed E-state index contributed by atoms with van der Waals surface area (Å²) in [5, 5.41) is 11.5. The summed E-state index contributed by atoms with van der Waals surface area (Å²) in [5.41, 5.74) is 3.95. The SMILES string of the molecule is COc1ccc(C=Cc2ccc(C(C)=C3SC(=NC#N)NC3=O)cc2)cc1. The molecule has 1 N–H and O–H groups in total. The Hall–Kier alpha value is -3.30. The summed E-state index contributed by atoms with van der Waals surface area (Å²) in [4.78, 5) is 16.2. The first-order valence-electron chi connectivity index (χ1n) is 8.20. The van der Waals surface area contributed by atoms with Crippen molar-refractivity contribution in [1.29, 1.82) is 5.26 Å². The zero-order valence-electron chi connectivity index (χ0n) is 14.9. The molecule has 5 nitrogen and oxygen atoms in total. The van der Waals surface area contributed by atoms with E-state index in [-0.39, 0.29) is 5.91 Å². The third-order valence-corrected chi connectivity index (χ3v) is 5.13. The van der Waals surface area contributed by atoms with E-state index >= 15 is 0 Å². The fourth-order valence-electron chi connectivity index (χ4n) is 2.55. The fourth-order valence-corrected chi connectivity index (χ4v) is 3.39. The van der Waals surface area contributed by atoms with Gasteiger partial charge in [-0.25, -0.2) is 0 Å². The average Bonchev–Trinajstić information content (AvgIpc) is 3.07. The summed E-state index contributed by atoms with van der Waals surface area (Å²) in [6.45, 7) is 1.89. The minimum Gasteiger partial charge on any atom is -0.497 e. The number of nitriles is 1. The predicted molar refractivity (Wildman–Crippen MR) is 110 cm³/mol. The van der Waals surface area contributed by atoms with Gasteiger partial charge in [0.05, 0.1) is 12.0 Å². The predicted octanol–water partition coefficient (Wildman–Crippen LogP) is 4.30. The number of hydrogen-bond acceptors (Lipinski definition) is 5. The van der Waals surface area contributed by atoms with E-state index in [1.54, 1.807) is 13.3 Å². The van der Waals surface area contributed by atoms with Crippen molar-refractivity contribution in [2.75, 3.05) is 7.11 Å². The van der Waals surface area contributed by atoms with E-state index < -0.39 is 0 Å². The van der Waals surface area contributed by atoms with Crippen molar-refractivity contribution in [3.8, 4) is 11.9 Å². The van der Waals surface area contributed by atoms with Gasteiger partial charge in [0.15, 0.2) is 5.17 Å². The Kier molecular flexibility index (Phi) is 5.74. The van der Waals surface area contributed by atoms with Gasteiger partial charge in [-0.2, -0.15) is 5.26 Å². The van der Waals surface area contributed by atoms with Crippen LogP contribution in [0.4, 0.5) is 0 Å². The van der Waals surface area contributed by atoms with Crippen LogP contribution >= 0.6 is 11.8 Å². The van der Waals surface area contributed by atoms with Gasteiger partial charge in [0.1, 0.15) is 5.75 Å². The zero-order valence-corrected chi connectivity index (χ0v) is 15.7. The van der Waals surface area contributed by atoms with Crippen molar-refractivity contribution in [2.24, 2.45) is 4.99 Å². The van der Waals surface area contributed by atoms with E-state index in [0.29, 0.717) is 10.1 Å². The first-order valence-corrected chi connectivity index (χ1v) is 9.02. The molecular weight excluding hydrogens is 358 g/mol. The molecule has 0 aromatic heterocycles. The Labute approximate surface area is 162 Å². The molecule has 1 aliphatic heterocycles. The molecule has 0 saturated carbocycles. The van der Waals surface area contributed by atoms with Crippen LogP contribution < -0.4 is 10.1 Å². The molecule has 0 unspecified atom stereocenters. The molecule has 0 bridgehead atoms. The number of hydrogen-bond donors (Lipinski definition) is 1. The molecule has 1 fully saturated rings. The van der Waals surface area contributed by atoms with Crippen LogP contribution in [0.5, 0.6) is 5.75 Å². The van der Waals surface area contributed by atoms with Gasteiger partial charge < -0.3 is 4.74 Å². The maximum absolute atomic E-state index is 12.0. The summed E-state index contributed by atoms with van der Waals surface area (Å²) in [6, 6.07) is 15.8. The molecular formula is C21H17N3O2S. The van der Waals surface area contributed by atoms with Crippen LogP contribution in [0.1, 0.15) is 23.6 Å². The number of amidine groups is 1. The number of nitrogens with zero attached hydrogens (tertiary/aromatic N) is 2. The number of carbonyl (C=O) groups is 1. The van der Waals surface area contributed by atoms with Crippen LogP contribution in [-0.2, 0) is 4.79 Å². The molecule has 0 aliphatic carbocycles. The molecule has 27 heavy (non-hydrogen) atoms. The summed E-state index contributed by atoms with van der Waals surface area (Å²) in [5.74, 6) is 0.604. The minimum absolute atomic E-state index is 0.227.